The summed E-state index contributed by atoms with van der Waals surface area (Å²) in [7, 11) is 0. The third kappa shape index (κ3) is 5.64. The summed E-state index contributed by atoms with van der Waals surface area (Å²) in [6, 6.07) is 0. The maximum absolute atomic E-state index is 11.5. The van der Waals surface area contributed by atoms with E-state index in [0.29, 0.717) is 19.0 Å². The van der Waals surface area contributed by atoms with Gasteiger partial charge in [0.15, 0.2) is 0 Å². The van der Waals surface area contributed by atoms with E-state index in [9.17, 15) is 4.79 Å². The lowest BCUT2D eigenvalue weighted by Gasteiger charge is -2.16. The van der Waals surface area contributed by atoms with Gasteiger partial charge in [-0.15, -0.1) is 0 Å². The van der Waals surface area contributed by atoms with Crippen LogP contribution in [-0.2, 0) is 4.79 Å². The second kappa shape index (κ2) is 6.89. The van der Waals surface area contributed by atoms with Crippen molar-refractivity contribution in [2.45, 2.75) is 33.6 Å². The molecule has 0 rings (SSSR count). The van der Waals surface area contributed by atoms with Crippen LogP contribution < -0.4 is 11.1 Å². The van der Waals surface area contributed by atoms with Crippen molar-refractivity contribution in [2.24, 2.45) is 17.6 Å². The van der Waals surface area contributed by atoms with E-state index in [0.717, 1.165) is 12.8 Å². The summed E-state index contributed by atoms with van der Waals surface area (Å²) < 4.78 is 0. The Hall–Kier alpha value is -0.570. The second-order valence-corrected chi connectivity index (χ2v) is 3.81. The molecule has 0 spiro atoms. The lowest BCUT2D eigenvalue weighted by Crippen LogP contribution is -2.34. The van der Waals surface area contributed by atoms with E-state index < -0.39 is 0 Å². The van der Waals surface area contributed by atoms with Crippen LogP contribution in [-0.4, -0.2) is 19.0 Å². The van der Waals surface area contributed by atoms with Crippen molar-refractivity contribution in [2.75, 3.05) is 13.1 Å². The smallest absolute Gasteiger partial charge is 0.223 e. The molecular formula is C10H22N2O. The minimum atomic E-state index is 0.154. The Labute approximate surface area is 81.1 Å². The van der Waals surface area contributed by atoms with Crippen molar-refractivity contribution >= 4 is 5.91 Å². The van der Waals surface area contributed by atoms with Crippen molar-refractivity contribution < 1.29 is 4.79 Å². The van der Waals surface area contributed by atoms with Gasteiger partial charge in [-0.25, -0.2) is 0 Å². The summed E-state index contributed by atoms with van der Waals surface area (Å²) >= 11 is 0. The predicted molar refractivity (Wildman–Crippen MR) is 55.3 cm³/mol. The second-order valence-electron chi connectivity index (χ2n) is 3.81. The molecule has 0 heterocycles. The summed E-state index contributed by atoms with van der Waals surface area (Å²) in [6.07, 6.45) is 1.88. The highest BCUT2D eigenvalue weighted by Gasteiger charge is 2.16. The SMILES string of the molecule is CCC(CC(C)C)C(=O)NCCN. The van der Waals surface area contributed by atoms with Gasteiger partial charge in [0.05, 0.1) is 0 Å². The van der Waals surface area contributed by atoms with Gasteiger partial charge in [-0.05, 0) is 18.8 Å². The maximum Gasteiger partial charge on any atom is 0.223 e. The molecule has 1 unspecified atom stereocenters. The van der Waals surface area contributed by atoms with Crippen LogP contribution in [0.3, 0.4) is 0 Å². The molecular weight excluding hydrogens is 164 g/mol. The van der Waals surface area contributed by atoms with Crippen LogP contribution in [0.15, 0.2) is 0 Å². The first-order chi connectivity index (χ1) is 6.11. The van der Waals surface area contributed by atoms with Gasteiger partial charge in [-0.1, -0.05) is 20.8 Å². The molecule has 0 aliphatic carbocycles. The number of hydrogen-bond acceptors (Lipinski definition) is 2. The van der Waals surface area contributed by atoms with E-state index in [1.807, 2.05) is 0 Å². The van der Waals surface area contributed by atoms with E-state index >= 15 is 0 Å². The summed E-state index contributed by atoms with van der Waals surface area (Å²) in [6.45, 7) is 7.43. The summed E-state index contributed by atoms with van der Waals surface area (Å²) in [5.41, 5.74) is 5.30. The summed E-state index contributed by atoms with van der Waals surface area (Å²) in [5, 5.41) is 2.82. The summed E-state index contributed by atoms with van der Waals surface area (Å²) in [4.78, 5) is 11.5. The molecule has 3 N–H and O–H groups in total. The third-order valence-corrected chi connectivity index (χ3v) is 2.06. The van der Waals surface area contributed by atoms with Crippen molar-refractivity contribution in [3.63, 3.8) is 0 Å². The highest BCUT2D eigenvalue weighted by molar-refractivity contribution is 5.78. The van der Waals surface area contributed by atoms with Gasteiger partial charge in [-0.2, -0.15) is 0 Å². The predicted octanol–water partition coefficient (Wildman–Crippen LogP) is 1.13. The minimum absolute atomic E-state index is 0.154. The van der Waals surface area contributed by atoms with Crippen molar-refractivity contribution in [1.29, 1.82) is 0 Å². The zero-order valence-electron chi connectivity index (χ0n) is 8.97. The fourth-order valence-corrected chi connectivity index (χ4v) is 1.37. The van der Waals surface area contributed by atoms with Crippen LogP contribution in [0.25, 0.3) is 0 Å². The Balaban J connectivity index is 3.85. The van der Waals surface area contributed by atoms with Gasteiger partial charge in [0.1, 0.15) is 0 Å². The molecule has 3 heteroatoms. The monoisotopic (exact) mass is 186 g/mol. The molecule has 0 fully saturated rings. The van der Waals surface area contributed by atoms with Crippen molar-refractivity contribution in [3.05, 3.63) is 0 Å². The van der Waals surface area contributed by atoms with E-state index in [1.165, 1.54) is 0 Å². The summed E-state index contributed by atoms with van der Waals surface area (Å²) in [5.74, 6) is 0.891. The minimum Gasteiger partial charge on any atom is -0.355 e. The number of rotatable bonds is 6. The van der Waals surface area contributed by atoms with Gasteiger partial charge in [0, 0.05) is 19.0 Å². The van der Waals surface area contributed by atoms with Crippen molar-refractivity contribution in [3.8, 4) is 0 Å². The standard InChI is InChI=1S/C10H22N2O/c1-4-9(7-8(2)3)10(13)12-6-5-11/h8-9H,4-7,11H2,1-3H3,(H,12,13). The molecule has 0 aliphatic heterocycles. The topological polar surface area (TPSA) is 55.1 Å². The number of nitrogens with two attached hydrogens (primary N) is 1. The first-order valence-corrected chi connectivity index (χ1v) is 5.09. The average Bonchev–Trinajstić information content (AvgIpc) is 2.09. The van der Waals surface area contributed by atoms with Crippen LogP contribution in [0, 0.1) is 11.8 Å². The Morgan fingerprint density at radius 3 is 2.46 bits per heavy atom. The third-order valence-electron chi connectivity index (χ3n) is 2.06. The molecule has 0 aromatic rings. The highest BCUT2D eigenvalue weighted by Crippen LogP contribution is 2.14. The Bertz CT molecular complexity index is 146. The molecule has 1 atom stereocenters. The fourth-order valence-electron chi connectivity index (χ4n) is 1.37. The molecule has 0 aliphatic rings. The van der Waals surface area contributed by atoms with Crippen LogP contribution in [0.4, 0.5) is 0 Å². The Morgan fingerprint density at radius 2 is 2.08 bits per heavy atom. The molecule has 13 heavy (non-hydrogen) atoms. The molecule has 1 amide bonds. The van der Waals surface area contributed by atoms with E-state index in [2.05, 4.69) is 26.1 Å². The highest BCUT2D eigenvalue weighted by atomic mass is 16.1. The van der Waals surface area contributed by atoms with Gasteiger partial charge in [0.2, 0.25) is 5.91 Å². The Morgan fingerprint density at radius 1 is 1.46 bits per heavy atom. The zero-order chi connectivity index (χ0) is 10.3. The van der Waals surface area contributed by atoms with Crippen LogP contribution in [0.1, 0.15) is 33.6 Å². The molecule has 0 bridgehead atoms. The molecule has 0 aromatic heterocycles. The molecule has 3 nitrogen and oxygen atoms in total. The van der Waals surface area contributed by atoms with Crippen molar-refractivity contribution in [1.82, 2.24) is 5.32 Å². The number of nitrogens with one attached hydrogen (secondary N) is 1. The first-order valence-electron chi connectivity index (χ1n) is 5.09. The average molecular weight is 186 g/mol. The van der Waals surface area contributed by atoms with Gasteiger partial charge < -0.3 is 11.1 Å². The van der Waals surface area contributed by atoms with E-state index in [4.69, 9.17) is 5.73 Å². The molecule has 0 aromatic carbocycles. The fraction of sp³-hybridized carbons (Fsp3) is 0.900. The first kappa shape index (κ1) is 12.4. The largest absolute Gasteiger partial charge is 0.355 e. The normalized spacial score (nSPS) is 13.0. The molecule has 0 radical (unpaired) electrons. The zero-order valence-corrected chi connectivity index (χ0v) is 8.97. The van der Waals surface area contributed by atoms with Gasteiger partial charge in [0.25, 0.3) is 0 Å². The van der Waals surface area contributed by atoms with Gasteiger partial charge >= 0.3 is 0 Å². The molecule has 0 saturated heterocycles. The lowest BCUT2D eigenvalue weighted by molar-refractivity contribution is -0.125. The number of carbonyl (C=O) groups is 1. The quantitative estimate of drug-likeness (QED) is 0.653. The van der Waals surface area contributed by atoms with Gasteiger partial charge in [-0.3, -0.25) is 4.79 Å². The number of hydrogen-bond donors (Lipinski definition) is 2. The van der Waals surface area contributed by atoms with Crippen LogP contribution in [0.5, 0.6) is 0 Å². The van der Waals surface area contributed by atoms with E-state index in [1.54, 1.807) is 0 Å². The molecule has 78 valence electrons. The number of amides is 1. The lowest BCUT2D eigenvalue weighted by atomic mass is 9.94. The Kier molecular flexibility index (Phi) is 6.59. The maximum atomic E-state index is 11.5. The van der Waals surface area contributed by atoms with Crippen LogP contribution >= 0.6 is 0 Å². The van der Waals surface area contributed by atoms with E-state index in [-0.39, 0.29) is 11.8 Å². The number of carbonyl (C=O) groups excluding carboxylic acids is 1. The van der Waals surface area contributed by atoms with Crippen LogP contribution in [0.2, 0.25) is 0 Å². The molecule has 0 saturated carbocycles.